The van der Waals surface area contributed by atoms with E-state index in [1.807, 2.05) is 24.3 Å². The number of likely N-dealkylation sites (tertiary alicyclic amines) is 1. The zero-order chi connectivity index (χ0) is 15.5. The maximum absolute atomic E-state index is 12.3. The highest BCUT2D eigenvalue weighted by Gasteiger charge is 2.43. The van der Waals surface area contributed by atoms with Crippen LogP contribution in [0.3, 0.4) is 0 Å². The highest BCUT2D eigenvalue weighted by molar-refractivity contribution is 9.10. The Bertz CT molecular complexity index is 487. The fourth-order valence-corrected chi connectivity index (χ4v) is 3.11. The molecule has 116 valence electrons. The molecule has 3 nitrogen and oxygen atoms in total. The lowest BCUT2D eigenvalue weighted by molar-refractivity contribution is -0.186. The van der Waals surface area contributed by atoms with Crippen LogP contribution in [0.4, 0.5) is 13.2 Å². The van der Waals surface area contributed by atoms with Gasteiger partial charge in [0.1, 0.15) is 0 Å². The Morgan fingerprint density at radius 1 is 1.24 bits per heavy atom. The number of carbonyl (C=O) groups excluding carboxylic acids is 1. The van der Waals surface area contributed by atoms with Crippen molar-refractivity contribution in [3.8, 4) is 0 Å². The summed E-state index contributed by atoms with van der Waals surface area (Å²) in [6.07, 6.45) is -3.73. The molecular weight excluding hydrogens is 369 g/mol. The standard InChI is InChI=1S/C13H14BrF3N2OS/c14-9-1-3-11(4-2-9)21-18-10-5-7-19(8-6-10)12(20)13(15,16)17/h1-4,10,18H,5-8H2. The number of carbonyl (C=O) groups is 1. The minimum absolute atomic E-state index is 0.107. The molecule has 1 amide bonds. The molecular formula is C13H14BrF3N2OS. The van der Waals surface area contributed by atoms with E-state index in [0.29, 0.717) is 12.8 Å². The highest BCUT2D eigenvalue weighted by Crippen LogP contribution is 2.24. The number of rotatable bonds is 3. The van der Waals surface area contributed by atoms with Crippen molar-refractivity contribution in [1.29, 1.82) is 0 Å². The van der Waals surface area contributed by atoms with Gasteiger partial charge in [0.15, 0.2) is 0 Å². The van der Waals surface area contributed by atoms with Crippen LogP contribution in [0.25, 0.3) is 0 Å². The summed E-state index contributed by atoms with van der Waals surface area (Å²) in [7, 11) is 0. The Labute approximate surface area is 133 Å². The topological polar surface area (TPSA) is 32.3 Å². The van der Waals surface area contributed by atoms with Crippen LogP contribution in [0.1, 0.15) is 12.8 Å². The van der Waals surface area contributed by atoms with Gasteiger partial charge in [0.2, 0.25) is 0 Å². The second-order valence-corrected chi connectivity index (χ2v) is 6.56. The van der Waals surface area contributed by atoms with Gasteiger partial charge in [0.25, 0.3) is 0 Å². The minimum Gasteiger partial charge on any atom is -0.335 e. The van der Waals surface area contributed by atoms with Crippen molar-refractivity contribution >= 4 is 33.8 Å². The van der Waals surface area contributed by atoms with Crippen LogP contribution < -0.4 is 4.72 Å². The number of halogens is 4. The van der Waals surface area contributed by atoms with Gasteiger partial charge in [-0.3, -0.25) is 9.52 Å². The van der Waals surface area contributed by atoms with E-state index in [0.717, 1.165) is 14.3 Å². The molecule has 0 bridgehead atoms. The van der Waals surface area contributed by atoms with Gasteiger partial charge in [0.05, 0.1) is 0 Å². The number of hydrogen-bond donors (Lipinski definition) is 1. The van der Waals surface area contributed by atoms with Gasteiger partial charge < -0.3 is 4.90 Å². The molecule has 1 aliphatic heterocycles. The molecule has 1 aliphatic rings. The molecule has 8 heteroatoms. The third kappa shape index (κ3) is 4.89. The average Bonchev–Trinajstić information content (AvgIpc) is 2.45. The number of hydrogen-bond acceptors (Lipinski definition) is 3. The first-order valence-electron chi connectivity index (χ1n) is 6.40. The Morgan fingerprint density at radius 3 is 2.33 bits per heavy atom. The van der Waals surface area contributed by atoms with Crippen molar-refractivity contribution in [3.05, 3.63) is 28.7 Å². The summed E-state index contributed by atoms with van der Waals surface area (Å²) >= 11 is 4.80. The maximum atomic E-state index is 12.3. The van der Waals surface area contributed by atoms with Gasteiger partial charge in [-0.25, -0.2) is 0 Å². The third-order valence-electron chi connectivity index (χ3n) is 3.18. The van der Waals surface area contributed by atoms with Crippen molar-refractivity contribution in [3.63, 3.8) is 0 Å². The second kappa shape index (κ2) is 7.02. The Morgan fingerprint density at radius 2 is 1.81 bits per heavy atom. The van der Waals surface area contributed by atoms with E-state index in [1.54, 1.807) is 0 Å². The number of nitrogens with zero attached hydrogens (tertiary/aromatic N) is 1. The van der Waals surface area contributed by atoms with Crippen molar-refractivity contribution < 1.29 is 18.0 Å². The summed E-state index contributed by atoms with van der Waals surface area (Å²) < 4.78 is 41.2. The van der Waals surface area contributed by atoms with E-state index in [9.17, 15) is 18.0 Å². The molecule has 0 spiro atoms. The lowest BCUT2D eigenvalue weighted by atomic mass is 10.1. The summed E-state index contributed by atoms with van der Waals surface area (Å²) in [4.78, 5) is 13.0. The molecule has 1 aromatic carbocycles. The van der Waals surface area contributed by atoms with E-state index < -0.39 is 12.1 Å². The van der Waals surface area contributed by atoms with Crippen molar-refractivity contribution in [1.82, 2.24) is 9.62 Å². The molecule has 0 radical (unpaired) electrons. The Balaban J connectivity index is 1.77. The van der Waals surface area contributed by atoms with Gasteiger partial charge in [-0.15, -0.1) is 0 Å². The summed E-state index contributed by atoms with van der Waals surface area (Å²) in [5.74, 6) is -1.73. The van der Waals surface area contributed by atoms with E-state index in [4.69, 9.17) is 0 Å². The van der Waals surface area contributed by atoms with Gasteiger partial charge in [-0.05, 0) is 49.1 Å². The fourth-order valence-electron chi connectivity index (χ4n) is 2.03. The largest absolute Gasteiger partial charge is 0.471 e. The number of benzene rings is 1. The monoisotopic (exact) mass is 382 g/mol. The molecule has 1 aromatic rings. The molecule has 1 heterocycles. The van der Waals surface area contributed by atoms with E-state index in [1.165, 1.54) is 11.9 Å². The van der Waals surface area contributed by atoms with E-state index in [2.05, 4.69) is 20.7 Å². The third-order valence-corrected chi connectivity index (χ3v) is 4.67. The lowest BCUT2D eigenvalue weighted by Crippen LogP contribution is -2.48. The molecule has 21 heavy (non-hydrogen) atoms. The van der Waals surface area contributed by atoms with Crippen LogP contribution in [0.2, 0.25) is 0 Å². The van der Waals surface area contributed by atoms with E-state index >= 15 is 0 Å². The normalized spacial score (nSPS) is 17.0. The number of piperidine rings is 1. The van der Waals surface area contributed by atoms with Crippen LogP contribution in [0.15, 0.2) is 33.6 Å². The Kier molecular flexibility index (Phi) is 5.56. The predicted octanol–water partition coefficient (Wildman–Crippen LogP) is 3.60. The maximum Gasteiger partial charge on any atom is 0.471 e. The first-order valence-corrected chi connectivity index (χ1v) is 8.01. The zero-order valence-electron chi connectivity index (χ0n) is 11.0. The van der Waals surface area contributed by atoms with Crippen molar-refractivity contribution in [2.24, 2.45) is 0 Å². The molecule has 1 fully saturated rings. The second-order valence-electron chi connectivity index (χ2n) is 4.74. The molecule has 0 saturated carbocycles. The SMILES string of the molecule is O=C(N1CCC(NSc2ccc(Br)cc2)CC1)C(F)(F)F. The first kappa shape index (κ1) is 16.6. The first-order chi connectivity index (χ1) is 9.86. The van der Waals surface area contributed by atoms with E-state index in [-0.39, 0.29) is 19.1 Å². The van der Waals surface area contributed by atoms with Gasteiger partial charge in [-0.2, -0.15) is 13.2 Å². The smallest absolute Gasteiger partial charge is 0.335 e. The summed E-state index contributed by atoms with van der Waals surface area (Å²) in [6.45, 7) is 0.272. The van der Waals surface area contributed by atoms with Crippen LogP contribution in [0.5, 0.6) is 0 Å². The molecule has 1 N–H and O–H groups in total. The minimum atomic E-state index is -4.77. The summed E-state index contributed by atoms with van der Waals surface area (Å²) in [6, 6.07) is 7.85. The fraction of sp³-hybridized carbons (Fsp3) is 0.462. The number of nitrogens with one attached hydrogen (secondary N) is 1. The zero-order valence-corrected chi connectivity index (χ0v) is 13.4. The van der Waals surface area contributed by atoms with Crippen LogP contribution >= 0.6 is 27.9 Å². The average molecular weight is 383 g/mol. The summed E-state index contributed by atoms with van der Waals surface area (Å²) in [5.41, 5.74) is 0. The molecule has 0 atom stereocenters. The van der Waals surface area contributed by atoms with Gasteiger partial charge in [-0.1, -0.05) is 15.9 Å². The van der Waals surface area contributed by atoms with Gasteiger partial charge >= 0.3 is 12.1 Å². The van der Waals surface area contributed by atoms with Crippen LogP contribution in [-0.4, -0.2) is 36.1 Å². The van der Waals surface area contributed by atoms with Crippen molar-refractivity contribution in [2.45, 2.75) is 30.0 Å². The Hall–Kier alpha value is -0.730. The van der Waals surface area contributed by atoms with Crippen molar-refractivity contribution in [2.75, 3.05) is 13.1 Å². The number of alkyl halides is 3. The predicted molar refractivity (Wildman–Crippen MR) is 78.8 cm³/mol. The quantitative estimate of drug-likeness (QED) is 0.810. The number of amides is 1. The summed E-state index contributed by atoms with van der Waals surface area (Å²) in [5, 5.41) is 0. The lowest BCUT2D eigenvalue weighted by Gasteiger charge is -2.32. The van der Waals surface area contributed by atoms with Gasteiger partial charge in [0, 0.05) is 28.5 Å². The highest BCUT2D eigenvalue weighted by atomic mass is 79.9. The molecule has 2 rings (SSSR count). The molecule has 0 aromatic heterocycles. The molecule has 1 saturated heterocycles. The van der Waals surface area contributed by atoms with Crippen LogP contribution in [0, 0.1) is 0 Å². The van der Waals surface area contributed by atoms with Crippen LogP contribution in [-0.2, 0) is 4.79 Å². The molecule has 0 unspecified atom stereocenters. The molecule has 0 aliphatic carbocycles.